The van der Waals surface area contributed by atoms with Crippen molar-refractivity contribution in [2.75, 3.05) is 26.3 Å². The number of nitrogens with one attached hydrogen (secondary N) is 2. The van der Waals surface area contributed by atoms with Gasteiger partial charge in [-0.15, -0.1) is 0 Å². The molecule has 0 aromatic rings. The van der Waals surface area contributed by atoms with Crippen molar-refractivity contribution in [3.8, 4) is 0 Å². The average Bonchev–Trinajstić information content (AvgIpc) is 2.40. The molecule has 0 aliphatic rings. The van der Waals surface area contributed by atoms with Gasteiger partial charge in [-0.25, -0.2) is 0 Å². The summed E-state index contributed by atoms with van der Waals surface area (Å²) in [5.74, 6) is -0.315. The molecule has 2 N–H and O–H groups in total. The molecule has 19 heavy (non-hydrogen) atoms. The molecule has 0 aromatic carbocycles. The van der Waals surface area contributed by atoms with E-state index in [4.69, 9.17) is 4.74 Å². The van der Waals surface area contributed by atoms with E-state index in [1.54, 1.807) is 0 Å². The maximum atomic E-state index is 11.3. The Hall–Kier alpha value is -1.10. The molecule has 0 aliphatic heterocycles. The summed E-state index contributed by atoms with van der Waals surface area (Å²) < 4.78 is 5.05. The van der Waals surface area contributed by atoms with E-state index in [0.29, 0.717) is 13.1 Å². The monoisotopic (exact) mass is 272 g/mol. The molecule has 0 unspecified atom stereocenters. The first kappa shape index (κ1) is 17.9. The molecule has 0 spiro atoms. The molecule has 2 amide bonds. The highest BCUT2D eigenvalue weighted by molar-refractivity contribution is 5.79. The largest absolute Gasteiger partial charge is 0.362 e. The van der Waals surface area contributed by atoms with Crippen molar-refractivity contribution in [2.45, 2.75) is 52.4 Å². The van der Waals surface area contributed by atoms with E-state index in [-0.39, 0.29) is 25.0 Å². The first-order valence-electron chi connectivity index (χ1n) is 7.31. The predicted molar refractivity (Wildman–Crippen MR) is 75.9 cm³/mol. The SMILES string of the molecule is CCCCCNC(=O)COCC(=O)NCCCCC. The van der Waals surface area contributed by atoms with E-state index < -0.39 is 0 Å². The van der Waals surface area contributed by atoms with E-state index in [9.17, 15) is 9.59 Å². The third-order valence-electron chi connectivity index (χ3n) is 2.67. The molecule has 0 fully saturated rings. The molecule has 0 rings (SSSR count). The van der Waals surface area contributed by atoms with Crippen LogP contribution < -0.4 is 10.6 Å². The normalized spacial score (nSPS) is 10.2. The van der Waals surface area contributed by atoms with Crippen LogP contribution in [-0.4, -0.2) is 38.1 Å². The molecule has 0 heterocycles. The van der Waals surface area contributed by atoms with Crippen molar-refractivity contribution in [1.82, 2.24) is 10.6 Å². The number of carbonyl (C=O) groups excluding carboxylic acids is 2. The Morgan fingerprint density at radius 3 is 1.58 bits per heavy atom. The van der Waals surface area contributed by atoms with Gasteiger partial charge in [0.05, 0.1) is 0 Å². The van der Waals surface area contributed by atoms with Gasteiger partial charge in [-0.3, -0.25) is 9.59 Å². The van der Waals surface area contributed by atoms with Gasteiger partial charge in [0.2, 0.25) is 11.8 Å². The van der Waals surface area contributed by atoms with Crippen LogP contribution >= 0.6 is 0 Å². The van der Waals surface area contributed by atoms with Gasteiger partial charge in [0.25, 0.3) is 0 Å². The maximum Gasteiger partial charge on any atom is 0.246 e. The molecule has 5 nitrogen and oxygen atoms in total. The third kappa shape index (κ3) is 13.1. The minimum atomic E-state index is -0.158. The van der Waals surface area contributed by atoms with Crippen molar-refractivity contribution in [2.24, 2.45) is 0 Å². The van der Waals surface area contributed by atoms with Crippen molar-refractivity contribution >= 4 is 11.8 Å². The Balaban J connectivity index is 3.35. The minimum absolute atomic E-state index is 0.0471. The van der Waals surface area contributed by atoms with Gasteiger partial charge in [-0.05, 0) is 12.8 Å². The average molecular weight is 272 g/mol. The molecule has 0 aromatic heterocycles. The van der Waals surface area contributed by atoms with Crippen molar-refractivity contribution in [1.29, 1.82) is 0 Å². The first-order valence-corrected chi connectivity index (χ1v) is 7.31. The van der Waals surface area contributed by atoms with Crippen LogP contribution in [0.1, 0.15) is 52.4 Å². The molecule has 0 atom stereocenters. The van der Waals surface area contributed by atoms with E-state index in [0.717, 1.165) is 38.5 Å². The topological polar surface area (TPSA) is 67.4 Å². The van der Waals surface area contributed by atoms with Crippen molar-refractivity contribution < 1.29 is 14.3 Å². The fourth-order valence-electron chi connectivity index (χ4n) is 1.54. The van der Waals surface area contributed by atoms with E-state index in [1.165, 1.54) is 0 Å². The minimum Gasteiger partial charge on any atom is -0.362 e. The van der Waals surface area contributed by atoms with Gasteiger partial charge in [0.15, 0.2) is 0 Å². The van der Waals surface area contributed by atoms with Gasteiger partial charge in [0.1, 0.15) is 13.2 Å². The molecule has 0 bridgehead atoms. The highest BCUT2D eigenvalue weighted by Gasteiger charge is 2.04. The molecule has 0 aliphatic carbocycles. The number of hydrogen-bond acceptors (Lipinski definition) is 3. The highest BCUT2D eigenvalue weighted by atomic mass is 16.5. The summed E-state index contributed by atoms with van der Waals surface area (Å²) in [5, 5.41) is 5.51. The lowest BCUT2D eigenvalue weighted by atomic mass is 10.2. The Labute approximate surface area is 116 Å². The lowest BCUT2D eigenvalue weighted by Crippen LogP contribution is -2.32. The second kappa shape index (κ2) is 13.3. The fourth-order valence-corrected chi connectivity index (χ4v) is 1.54. The molecule has 112 valence electrons. The van der Waals surface area contributed by atoms with Gasteiger partial charge < -0.3 is 15.4 Å². The highest BCUT2D eigenvalue weighted by Crippen LogP contribution is 1.92. The van der Waals surface area contributed by atoms with Crippen molar-refractivity contribution in [3.05, 3.63) is 0 Å². The molecule has 5 heteroatoms. The molecule has 0 saturated carbocycles. The fraction of sp³-hybridized carbons (Fsp3) is 0.857. The zero-order valence-corrected chi connectivity index (χ0v) is 12.3. The summed E-state index contributed by atoms with van der Waals surface area (Å²) in [6.07, 6.45) is 6.46. The van der Waals surface area contributed by atoms with E-state index in [1.807, 2.05) is 0 Å². The van der Waals surface area contributed by atoms with E-state index >= 15 is 0 Å². The number of carbonyl (C=O) groups is 2. The van der Waals surface area contributed by atoms with Gasteiger partial charge in [-0.2, -0.15) is 0 Å². The van der Waals surface area contributed by atoms with Crippen LogP contribution in [0.5, 0.6) is 0 Å². The standard InChI is InChI=1S/C14H28N2O3/c1-3-5-7-9-15-13(17)11-19-12-14(18)16-10-8-6-4-2/h3-12H2,1-2H3,(H,15,17)(H,16,18). The number of amides is 2. The lowest BCUT2D eigenvalue weighted by molar-refractivity contribution is -0.130. The van der Waals surface area contributed by atoms with Gasteiger partial charge in [0, 0.05) is 13.1 Å². The van der Waals surface area contributed by atoms with Crippen LogP contribution in [0.15, 0.2) is 0 Å². The Bertz CT molecular complexity index is 221. The second-order valence-corrected chi connectivity index (χ2v) is 4.61. The van der Waals surface area contributed by atoms with Crippen molar-refractivity contribution in [3.63, 3.8) is 0 Å². The summed E-state index contributed by atoms with van der Waals surface area (Å²) in [4.78, 5) is 22.6. The summed E-state index contributed by atoms with van der Waals surface area (Å²) in [5.41, 5.74) is 0. The van der Waals surface area contributed by atoms with Crippen LogP contribution in [0.25, 0.3) is 0 Å². The Morgan fingerprint density at radius 2 is 1.21 bits per heavy atom. The van der Waals surface area contributed by atoms with Crippen LogP contribution in [-0.2, 0) is 14.3 Å². The summed E-state index contributed by atoms with van der Waals surface area (Å²) in [6, 6.07) is 0. The smallest absolute Gasteiger partial charge is 0.246 e. The summed E-state index contributed by atoms with van der Waals surface area (Å²) >= 11 is 0. The molecule has 0 radical (unpaired) electrons. The number of rotatable bonds is 12. The molecular formula is C14H28N2O3. The Morgan fingerprint density at radius 1 is 0.789 bits per heavy atom. The van der Waals surface area contributed by atoms with Gasteiger partial charge >= 0.3 is 0 Å². The molecule has 0 saturated heterocycles. The summed E-state index contributed by atoms with van der Waals surface area (Å²) in [7, 11) is 0. The number of hydrogen-bond donors (Lipinski definition) is 2. The summed E-state index contributed by atoms with van der Waals surface area (Å²) in [6.45, 7) is 5.50. The first-order chi connectivity index (χ1) is 9.20. The molecular weight excluding hydrogens is 244 g/mol. The quantitative estimate of drug-likeness (QED) is 0.530. The third-order valence-corrected chi connectivity index (χ3v) is 2.67. The number of unbranched alkanes of at least 4 members (excludes halogenated alkanes) is 4. The van der Waals surface area contributed by atoms with Crippen LogP contribution in [0.4, 0.5) is 0 Å². The van der Waals surface area contributed by atoms with E-state index in [2.05, 4.69) is 24.5 Å². The lowest BCUT2D eigenvalue weighted by Gasteiger charge is -2.07. The predicted octanol–water partition coefficient (Wildman–Crippen LogP) is 1.62. The Kier molecular flexibility index (Phi) is 12.6. The van der Waals surface area contributed by atoms with Crippen LogP contribution in [0, 0.1) is 0 Å². The van der Waals surface area contributed by atoms with Gasteiger partial charge in [-0.1, -0.05) is 39.5 Å². The number of ether oxygens (including phenoxy) is 1. The van der Waals surface area contributed by atoms with Crippen LogP contribution in [0.2, 0.25) is 0 Å². The van der Waals surface area contributed by atoms with Crippen LogP contribution in [0.3, 0.4) is 0 Å². The zero-order chi connectivity index (χ0) is 14.3. The maximum absolute atomic E-state index is 11.3. The zero-order valence-electron chi connectivity index (χ0n) is 12.3. The second-order valence-electron chi connectivity index (χ2n) is 4.61.